The quantitative estimate of drug-likeness (QED) is 0.852. The van der Waals surface area contributed by atoms with Crippen molar-refractivity contribution in [3.63, 3.8) is 0 Å². The number of hydrogen-bond donors (Lipinski definition) is 1. The molecule has 0 amide bonds. The summed E-state index contributed by atoms with van der Waals surface area (Å²) in [4.78, 5) is 0. The minimum Gasteiger partial charge on any atom is -0.306 e. The lowest BCUT2D eigenvalue weighted by Gasteiger charge is -2.14. The second-order valence-electron chi connectivity index (χ2n) is 4.14. The smallest absolute Gasteiger partial charge is 0.0406 e. The maximum atomic E-state index is 5.87. The minimum atomic E-state index is 0.326. The highest BCUT2D eigenvalue weighted by Gasteiger charge is 2.04. The summed E-state index contributed by atoms with van der Waals surface area (Å²) in [5.41, 5.74) is 2.55. The van der Waals surface area contributed by atoms with Gasteiger partial charge in [0.1, 0.15) is 0 Å². The Morgan fingerprint density at radius 3 is 2.29 bits per heavy atom. The molecular formula is C15H16ClN. The highest BCUT2D eigenvalue weighted by atomic mass is 35.5. The van der Waals surface area contributed by atoms with Crippen molar-refractivity contribution in [3.05, 3.63) is 70.7 Å². The zero-order valence-electron chi connectivity index (χ0n) is 9.86. The summed E-state index contributed by atoms with van der Waals surface area (Å²) < 4.78 is 0. The molecule has 0 aromatic heterocycles. The lowest BCUT2D eigenvalue weighted by molar-refractivity contribution is 0.575. The SMILES string of the molecule is CC(NCc1ccccc1)c1ccc(Cl)cc1. The maximum absolute atomic E-state index is 5.87. The lowest BCUT2D eigenvalue weighted by atomic mass is 10.1. The Morgan fingerprint density at radius 1 is 1.00 bits per heavy atom. The van der Waals surface area contributed by atoms with Crippen LogP contribution in [0.4, 0.5) is 0 Å². The van der Waals surface area contributed by atoms with Crippen molar-refractivity contribution >= 4 is 11.6 Å². The Morgan fingerprint density at radius 2 is 1.65 bits per heavy atom. The zero-order valence-corrected chi connectivity index (χ0v) is 10.6. The fraction of sp³-hybridized carbons (Fsp3) is 0.200. The molecule has 2 aromatic rings. The van der Waals surface area contributed by atoms with Crippen LogP contribution in [0.15, 0.2) is 54.6 Å². The summed E-state index contributed by atoms with van der Waals surface area (Å²) in [5, 5.41) is 4.27. The molecule has 0 spiro atoms. The van der Waals surface area contributed by atoms with E-state index in [1.807, 2.05) is 18.2 Å². The van der Waals surface area contributed by atoms with Crippen molar-refractivity contribution in [3.8, 4) is 0 Å². The average Bonchev–Trinajstić information content (AvgIpc) is 2.38. The van der Waals surface area contributed by atoms with Crippen LogP contribution in [0.3, 0.4) is 0 Å². The van der Waals surface area contributed by atoms with Crippen molar-refractivity contribution in [2.75, 3.05) is 0 Å². The van der Waals surface area contributed by atoms with E-state index in [2.05, 4.69) is 48.6 Å². The summed E-state index contributed by atoms with van der Waals surface area (Å²) in [6.07, 6.45) is 0. The Hall–Kier alpha value is -1.31. The van der Waals surface area contributed by atoms with E-state index >= 15 is 0 Å². The molecule has 1 nitrogen and oxygen atoms in total. The molecule has 0 bridgehead atoms. The van der Waals surface area contributed by atoms with E-state index in [-0.39, 0.29) is 0 Å². The number of halogens is 1. The van der Waals surface area contributed by atoms with E-state index in [1.54, 1.807) is 0 Å². The van der Waals surface area contributed by atoms with Crippen LogP contribution in [0, 0.1) is 0 Å². The number of nitrogens with one attached hydrogen (secondary N) is 1. The zero-order chi connectivity index (χ0) is 12.1. The first kappa shape index (κ1) is 12.2. The predicted molar refractivity (Wildman–Crippen MR) is 73.1 cm³/mol. The van der Waals surface area contributed by atoms with Crippen LogP contribution in [0.1, 0.15) is 24.1 Å². The van der Waals surface area contributed by atoms with Crippen LogP contribution in [-0.4, -0.2) is 0 Å². The van der Waals surface area contributed by atoms with E-state index in [0.717, 1.165) is 11.6 Å². The Kier molecular flexibility index (Phi) is 4.18. The van der Waals surface area contributed by atoms with Crippen molar-refractivity contribution in [1.29, 1.82) is 0 Å². The van der Waals surface area contributed by atoms with Crippen molar-refractivity contribution in [2.45, 2.75) is 19.5 Å². The van der Waals surface area contributed by atoms with Gasteiger partial charge in [0.15, 0.2) is 0 Å². The molecule has 1 N–H and O–H groups in total. The van der Waals surface area contributed by atoms with E-state index in [9.17, 15) is 0 Å². The van der Waals surface area contributed by atoms with Gasteiger partial charge in [0.25, 0.3) is 0 Å². The van der Waals surface area contributed by atoms with Crippen LogP contribution in [0.25, 0.3) is 0 Å². The molecule has 1 unspecified atom stereocenters. The molecule has 2 heteroatoms. The fourth-order valence-corrected chi connectivity index (χ4v) is 1.86. The molecule has 1 atom stereocenters. The summed E-state index contributed by atoms with van der Waals surface area (Å²) in [6, 6.07) is 18.7. The van der Waals surface area contributed by atoms with Crippen molar-refractivity contribution in [2.24, 2.45) is 0 Å². The first-order chi connectivity index (χ1) is 8.25. The van der Waals surface area contributed by atoms with Crippen LogP contribution in [0.2, 0.25) is 5.02 Å². The number of rotatable bonds is 4. The Bertz CT molecular complexity index is 450. The third kappa shape index (κ3) is 3.58. The van der Waals surface area contributed by atoms with Crippen LogP contribution < -0.4 is 5.32 Å². The third-order valence-electron chi connectivity index (χ3n) is 2.83. The van der Waals surface area contributed by atoms with Gasteiger partial charge in [0.05, 0.1) is 0 Å². The summed E-state index contributed by atoms with van der Waals surface area (Å²) in [6.45, 7) is 3.04. The van der Waals surface area contributed by atoms with Gasteiger partial charge in [-0.1, -0.05) is 54.1 Å². The number of benzene rings is 2. The third-order valence-corrected chi connectivity index (χ3v) is 3.08. The van der Waals surface area contributed by atoms with Gasteiger partial charge in [-0.3, -0.25) is 0 Å². The molecule has 88 valence electrons. The van der Waals surface area contributed by atoms with Gasteiger partial charge in [-0.25, -0.2) is 0 Å². The minimum absolute atomic E-state index is 0.326. The molecule has 17 heavy (non-hydrogen) atoms. The van der Waals surface area contributed by atoms with Gasteiger partial charge in [0, 0.05) is 17.6 Å². The molecule has 2 rings (SSSR count). The van der Waals surface area contributed by atoms with E-state index in [1.165, 1.54) is 11.1 Å². The fourth-order valence-electron chi connectivity index (χ4n) is 1.74. The van der Waals surface area contributed by atoms with Crippen LogP contribution >= 0.6 is 11.6 Å². The molecule has 0 radical (unpaired) electrons. The topological polar surface area (TPSA) is 12.0 Å². The van der Waals surface area contributed by atoms with Gasteiger partial charge in [-0.2, -0.15) is 0 Å². The first-order valence-corrected chi connectivity index (χ1v) is 6.16. The van der Waals surface area contributed by atoms with Gasteiger partial charge >= 0.3 is 0 Å². The molecule has 0 aliphatic carbocycles. The lowest BCUT2D eigenvalue weighted by Crippen LogP contribution is -2.17. The summed E-state index contributed by atoms with van der Waals surface area (Å²) in [5.74, 6) is 0. The molecule has 0 aliphatic heterocycles. The van der Waals surface area contributed by atoms with Gasteiger partial charge in [-0.05, 0) is 30.2 Å². The average molecular weight is 246 g/mol. The largest absolute Gasteiger partial charge is 0.306 e. The Labute approximate surface area is 107 Å². The van der Waals surface area contributed by atoms with E-state index in [4.69, 9.17) is 11.6 Å². The maximum Gasteiger partial charge on any atom is 0.0406 e. The van der Waals surface area contributed by atoms with Crippen molar-refractivity contribution < 1.29 is 0 Å². The standard InChI is InChI=1S/C15H16ClN/c1-12(14-7-9-15(16)10-8-14)17-11-13-5-3-2-4-6-13/h2-10,12,17H,11H2,1H3. The van der Waals surface area contributed by atoms with Gasteiger partial charge < -0.3 is 5.32 Å². The second kappa shape index (κ2) is 5.85. The van der Waals surface area contributed by atoms with Gasteiger partial charge in [0.2, 0.25) is 0 Å². The first-order valence-electron chi connectivity index (χ1n) is 5.78. The second-order valence-corrected chi connectivity index (χ2v) is 4.58. The highest BCUT2D eigenvalue weighted by Crippen LogP contribution is 2.16. The summed E-state index contributed by atoms with van der Waals surface area (Å²) in [7, 11) is 0. The van der Waals surface area contributed by atoms with Crippen LogP contribution in [0.5, 0.6) is 0 Å². The monoisotopic (exact) mass is 245 g/mol. The molecule has 0 fully saturated rings. The normalized spacial score (nSPS) is 12.4. The highest BCUT2D eigenvalue weighted by molar-refractivity contribution is 6.30. The van der Waals surface area contributed by atoms with Crippen LogP contribution in [-0.2, 0) is 6.54 Å². The molecule has 0 saturated carbocycles. The van der Waals surface area contributed by atoms with E-state index < -0.39 is 0 Å². The molecule has 0 saturated heterocycles. The van der Waals surface area contributed by atoms with Crippen molar-refractivity contribution in [1.82, 2.24) is 5.32 Å². The number of hydrogen-bond acceptors (Lipinski definition) is 1. The molecule has 0 heterocycles. The molecular weight excluding hydrogens is 230 g/mol. The van der Waals surface area contributed by atoms with Gasteiger partial charge in [-0.15, -0.1) is 0 Å². The molecule has 0 aliphatic rings. The predicted octanol–water partition coefficient (Wildman–Crippen LogP) is 4.19. The molecule has 2 aromatic carbocycles. The Balaban J connectivity index is 1.93. The van der Waals surface area contributed by atoms with E-state index in [0.29, 0.717) is 6.04 Å². The summed E-state index contributed by atoms with van der Waals surface area (Å²) >= 11 is 5.87.